The molecule has 0 radical (unpaired) electrons. The fraction of sp³-hybridized carbons (Fsp3) is 0. The van der Waals surface area contributed by atoms with Crippen molar-refractivity contribution in [1.82, 2.24) is 4.98 Å². The smallest absolute Gasteiger partial charge is 0.248 e. The van der Waals surface area contributed by atoms with E-state index < -0.39 is 5.91 Å². The van der Waals surface area contributed by atoms with E-state index >= 15 is 0 Å². The predicted octanol–water partition coefficient (Wildman–Crippen LogP) is 1.14. The molecule has 1 aromatic carbocycles. The number of hydrogen-bond donors (Lipinski definition) is 2. The van der Waals surface area contributed by atoms with E-state index in [9.17, 15) is 4.79 Å². The summed E-state index contributed by atoms with van der Waals surface area (Å²) < 4.78 is 0. The van der Waals surface area contributed by atoms with Gasteiger partial charge in [-0.05, 0) is 12.1 Å². The maximum Gasteiger partial charge on any atom is 0.248 e. The largest absolute Gasteiger partial charge is 0.366 e. The zero-order chi connectivity index (χ0) is 10.1. The van der Waals surface area contributed by atoms with Crippen molar-refractivity contribution in [3.63, 3.8) is 0 Å². The molecule has 0 fully saturated rings. The molecule has 1 amide bonds. The van der Waals surface area contributed by atoms with Crippen molar-refractivity contribution in [2.45, 2.75) is 0 Å². The molecule has 4 nitrogen and oxygen atoms in total. The zero-order valence-corrected chi connectivity index (χ0v) is 7.24. The first-order valence-corrected chi connectivity index (χ1v) is 4.03. The number of primary amides is 1. The minimum Gasteiger partial charge on any atom is -0.366 e. The molecule has 0 aliphatic carbocycles. The Balaban J connectivity index is 2.70. The highest BCUT2D eigenvalue weighted by Crippen LogP contribution is 2.18. The lowest BCUT2D eigenvalue weighted by atomic mass is 10.1. The third-order valence-corrected chi connectivity index (χ3v) is 2.09. The lowest BCUT2D eigenvalue weighted by Crippen LogP contribution is -2.10. The van der Waals surface area contributed by atoms with Crippen molar-refractivity contribution in [3.05, 3.63) is 35.5 Å². The summed E-state index contributed by atoms with van der Waals surface area (Å²) in [5.41, 5.74) is 6.87. The van der Waals surface area contributed by atoms with E-state index in [2.05, 4.69) is 11.1 Å². The molecule has 0 bridgehead atoms. The number of fused-ring (bicyclic) bond motifs is 1. The van der Waals surface area contributed by atoms with Gasteiger partial charge in [-0.1, -0.05) is 6.07 Å². The van der Waals surface area contributed by atoms with Crippen molar-refractivity contribution in [3.8, 4) is 6.07 Å². The van der Waals surface area contributed by atoms with Gasteiger partial charge >= 0.3 is 0 Å². The van der Waals surface area contributed by atoms with Crippen LogP contribution in [0.1, 0.15) is 15.9 Å². The standard InChI is InChI=1S/C10H7N3O/c11-4-7-5-13-9-3-6(10(12)14)1-2-8(7)9/h1-3,5,13H,(H2,12,14). The predicted molar refractivity (Wildman–Crippen MR) is 51.5 cm³/mol. The second-order valence-electron chi connectivity index (χ2n) is 2.94. The molecular formula is C10H7N3O. The average Bonchev–Trinajstić information content (AvgIpc) is 2.59. The second-order valence-corrected chi connectivity index (χ2v) is 2.94. The summed E-state index contributed by atoms with van der Waals surface area (Å²) in [6.45, 7) is 0. The Labute approximate surface area is 79.9 Å². The summed E-state index contributed by atoms with van der Waals surface area (Å²) in [6.07, 6.45) is 1.61. The van der Waals surface area contributed by atoms with E-state index in [0.717, 1.165) is 10.9 Å². The molecule has 4 heteroatoms. The van der Waals surface area contributed by atoms with E-state index in [1.54, 1.807) is 24.4 Å². The number of H-pyrrole nitrogens is 1. The van der Waals surface area contributed by atoms with Crippen molar-refractivity contribution in [2.75, 3.05) is 0 Å². The molecule has 0 unspecified atom stereocenters. The Morgan fingerprint density at radius 1 is 1.50 bits per heavy atom. The van der Waals surface area contributed by atoms with Crippen LogP contribution >= 0.6 is 0 Å². The Morgan fingerprint density at radius 2 is 2.29 bits per heavy atom. The Bertz CT molecular complexity index is 548. The van der Waals surface area contributed by atoms with Gasteiger partial charge in [-0.15, -0.1) is 0 Å². The van der Waals surface area contributed by atoms with Crippen molar-refractivity contribution < 1.29 is 4.79 Å². The highest BCUT2D eigenvalue weighted by atomic mass is 16.1. The molecular weight excluding hydrogens is 178 g/mol. The molecule has 14 heavy (non-hydrogen) atoms. The van der Waals surface area contributed by atoms with Gasteiger partial charge in [0.15, 0.2) is 0 Å². The first kappa shape index (κ1) is 8.32. The van der Waals surface area contributed by atoms with Crippen LogP contribution < -0.4 is 5.73 Å². The second kappa shape index (κ2) is 2.89. The number of rotatable bonds is 1. The van der Waals surface area contributed by atoms with Gasteiger partial charge in [-0.3, -0.25) is 4.79 Å². The van der Waals surface area contributed by atoms with E-state index in [-0.39, 0.29) is 0 Å². The third kappa shape index (κ3) is 1.12. The fourth-order valence-corrected chi connectivity index (χ4v) is 1.37. The summed E-state index contributed by atoms with van der Waals surface area (Å²) in [5, 5.41) is 9.54. The summed E-state index contributed by atoms with van der Waals surface area (Å²) in [5.74, 6) is -0.472. The van der Waals surface area contributed by atoms with Crippen molar-refractivity contribution >= 4 is 16.8 Å². The van der Waals surface area contributed by atoms with Crippen LogP contribution in [-0.4, -0.2) is 10.9 Å². The topological polar surface area (TPSA) is 82.7 Å². The number of nitrogens with zero attached hydrogens (tertiary/aromatic N) is 1. The van der Waals surface area contributed by atoms with Crippen LogP contribution in [0, 0.1) is 11.3 Å². The van der Waals surface area contributed by atoms with Crippen molar-refractivity contribution in [2.24, 2.45) is 5.73 Å². The number of nitriles is 1. The molecule has 2 aromatic rings. The van der Waals surface area contributed by atoms with Crippen LogP contribution in [0.25, 0.3) is 10.9 Å². The number of carbonyl (C=O) groups excluding carboxylic acids is 1. The number of amides is 1. The van der Waals surface area contributed by atoms with Gasteiger partial charge in [-0.2, -0.15) is 5.26 Å². The Morgan fingerprint density at radius 3 is 2.93 bits per heavy atom. The highest BCUT2D eigenvalue weighted by molar-refractivity contribution is 5.97. The van der Waals surface area contributed by atoms with Gasteiger partial charge < -0.3 is 10.7 Å². The summed E-state index contributed by atoms with van der Waals surface area (Å²) >= 11 is 0. The maximum atomic E-state index is 10.9. The fourth-order valence-electron chi connectivity index (χ4n) is 1.37. The molecule has 1 heterocycles. The molecule has 0 saturated heterocycles. The van der Waals surface area contributed by atoms with Gasteiger partial charge in [0.05, 0.1) is 5.56 Å². The molecule has 3 N–H and O–H groups in total. The Hall–Kier alpha value is -2.28. The molecule has 1 aromatic heterocycles. The molecule has 0 aliphatic heterocycles. The molecule has 2 rings (SSSR count). The molecule has 0 atom stereocenters. The molecule has 68 valence electrons. The van der Waals surface area contributed by atoms with Crippen molar-refractivity contribution in [1.29, 1.82) is 5.26 Å². The number of nitrogens with two attached hydrogens (primary N) is 1. The van der Waals surface area contributed by atoms with E-state index in [1.807, 2.05) is 0 Å². The minimum absolute atomic E-state index is 0.434. The number of benzene rings is 1. The molecule has 0 saturated carbocycles. The van der Waals surface area contributed by atoms with E-state index in [4.69, 9.17) is 11.0 Å². The van der Waals surface area contributed by atoms with Crippen LogP contribution in [0.2, 0.25) is 0 Å². The maximum absolute atomic E-state index is 10.9. The van der Waals surface area contributed by atoms with Crippen LogP contribution in [0.15, 0.2) is 24.4 Å². The number of carbonyl (C=O) groups is 1. The number of aromatic amines is 1. The lowest BCUT2D eigenvalue weighted by molar-refractivity contribution is 0.100. The first-order valence-electron chi connectivity index (χ1n) is 4.03. The quantitative estimate of drug-likeness (QED) is 0.698. The number of hydrogen-bond acceptors (Lipinski definition) is 2. The molecule has 0 spiro atoms. The average molecular weight is 185 g/mol. The van der Waals surface area contributed by atoms with Crippen LogP contribution in [0.3, 0.4) is 0 Å². The van der Waals surface area contributed by atoms with Gasteiger partial charge in [0.1, 0.15) is 6.07 Å². The normalized spacial score (nSPS) is 9.93. The summed E-state index contributed by atoms with van der Waals surface area (Å²) in [4.78, 5) is 13.8. The SMILES string of the molecule is N#Cc1c[nH]c2cc(C(N)=O)ccc12. The van der Waals surface area contributed by atoms with Gasteiger partial charge in [0.25, 0.3) is 0 Å². The number of nitrogens with one attached hydrogen (secondary N) is 1. The molecule has 0 aliphatic rings. The monoisotopic (exact) mass is 185 g/mol. The summed E-state index contributed by atoms with van der Waals surface area (Å²) in [7, 11) is 0. The highest BCUT2D eigenvalue weighted by Gasteiger charge is 2.05. The first-order chi connectivity index (χ1) is 6.72. The van der Waals surface area contributed by atoms with Gasteiger partial charge in [0.2, 0.25) is 5.91 Å². The summed E-state index contributed by atoms with van der Waals surface area (Å²) in [6, 6.07) is 7.01. The van der Waals surface area contributed by atoms with E-state index in [0.29, 0.717) is 11.1 Å². The zero-order valence-electron chi connectivity index (χ0n) is 7.24. The van der Waals surface area contributed by atoms with Gasteiger partial charge in [-0.25, -0.2) is 0 Å². The number of aromatic nitrogens is 1. The third-order valence-electron chi connectivity index (χ3n) is 2.09. The van der Waals surface area contributed by atoms with Crippen LogP contribution in [0.5, 0.6) is 0 Å². The Kier molecular flexibility index (Phi) is 1.72. The van der Waals surface area contributed by atoms with Crippen LogP contribution in [0.4, 0.5) is 0 Å². The minimum atomic E-state index is -0.472. The van der Waals surface area contributed by atoms with E-state index in [1.165, 1.54) is 0 Å². The van der Waals surface area contributed by atoms with Gasteiger partial charge in [0, 0.05) is 22.7 Å². The van der Waals surface area contributed by atoms with Crippen LogP contribution in [-0.2, 0) is 0 Å². The lowest BCUT2D eigenvalue weighted by Gasteiger charge is -1.95.